The Labute approximate surface area is 414 Å². The van der Waals surface area contributed by atoms with E-state index in [9.17, 15) is 0 Å². The Hall–Kier alpha value is -8.84. The molecule has 0 saturated heterocycles. The van der Waals surface area contributed by atoms with Gasteiger partial charge in [0.2, 0.25) is 0 Å². The molecule has 0 bridgehead atoms. The Morgan fingerprint density at radius 1 is 0.243 bits per heavy atom. The van der Waals surface area contributed by atoms with Crippen molar-refractivity contribution in [3.8, 4) is 33.4 Å². The highest BCUT2D eigenvalue weighted by molar-refractivity contribution is 5.93. The monoisotopic (exact) mass is 894 g/mol. The smallest absolute Gasteiger partial charge is 0.0105 e. The van der Waals surface area contributed by atoms with E-state index in [0.29, 0.717) is 0 Å². The maximum absolute atomic E-state index is 2.32. The van der Waals surface area contributed by atoms with Crippen LogP contribution in [0.1, 0.15) is 66.8 Å². The predicted octanol–water partition coefficient (Wildman–Crippen LogP) is 18.8. The van der Waals surface area contributed by atoms with Crippen LogP contribution in [-0.2, 0) is 0 Å². The van der Waals surface area contributed by atoms with Gasteiger partial charge in [0.05, 0.1) is 0 Å². The zero-order valence-electron chi connectivity index (χ0n) is 39.7. The van der Waals surface area contributed by atoms with Crippen molar-refractivity contribution in [1.29, 1.82) is 0 Å². The van der Waals surface area contributed by atoms with Gasteiger partial charge in [-0.15, -0.1) is 0 Å². The van der Waals surface area contributed by atoms with Gasteiger partial charge in [0, 0.05) is 0 Å². The number of hydrogen-bond acceptors (Lipinski definition) is 0. The minimum absolute atomic E-state index is 1.17. The van der Waals surface area contributed by atoms with E-state index in [-0.39, 0.29) is 0 Å². The summed E-state index contributed by atoms with van der Waals surface area (Å²) in [5.74, 6) is 0. The van der Waals surface area contributed by atoms with Crippen molar-refractivity contribution in [3.63, 3.8) is 0 Å². The lowest BCUT2D eigenvalue weighted by Gasteiger charge is -2.12. The van der Waals surface area contributed by atoms with Crippen LogP contribution in [0.4, 0.5) is 0 Å². The topological polar surface area (TPSA) is 0 Å². The van der Waals surface area contributed by atoms with E-state index in [2.05, 4.69) is 305 Å². The Balaban J connectivity index is 0.764. The molecule has 0 aliphatic carbocycles. The standard InChI is InChI=1S/C70H54/c1-51-47-65(43-45-67(51)63-39-35-55(36-40-63)25-23-53-27-31-57(32-28-53)49-69(59-15-7-3-8-16-59)60-17-9-4-10-18-60)66-44-46-68(52(2)48-66)64-41-37-56(38-42-64)26-24-54-29-33-58(34-30-54)50-70(61-19-11-5-12-20-61)62-21-13-6-14-22-62/h3-50H,1-2H3. The van der Waals surface area contributed by atoms with Crippen LogP contribution in [0.15, 0.2) is 255 Å². The van der Waals surface area contributed by atoms with Crippen LogP contribution in [0.25, 0.3) is 81.0 Å². The molecule has 0 saturated carbocycles. The summed E-state index contributed by atoms with van der Waals surface area (Å²) in [5, 5.41) is 0. The van der Waals surface area contributed by atoms with Gasteiger partial charge in [-0.3, -0.25) is 0 Å². The van der Waals surface area contributed by atoms with Crippen molar-refractivity contribution in [2.24, 2.45) is 0 Å². The van der Waals surface area contributed by atoms with E-state index in [1.54, 1.807) is 0 Å². The lowest BCUT2D eigenvalue weighted by molar-refractivity contribution is 1.43. The number of aryl methyl sites for hydroxylation is 2. The first-order valence-electron chi connectivity index (χ1n) is 24.1. The van der Waals surface area contributed by atoms with Crippen LogP contribution in [-0.4, -0.2) is 0 Å². The molecule has 0 amide bonds. The quantitative estimate of drug-likeness (QED) is 0.101. The minimum Gasteiger partial charge on any atom is -0.0622 e. The number of benzene rings is 10. The van der Waals surface area contributed by atoms with Gasteiger partial charge in [0.15, 0.2) is 0 Å². The molecule has 10 aromatic rings. The molecular formula is C70H54. The second-order valence-corrected chi connectivity index (χ2v) is 17.9. The Morgan fingerprint density at radius 2 is 0.486 bits per heavy atom. The third-order valence-corrected chi connectivity index (χ3v) is 13.0. The Morgan fingerprint density at radius 3 is 0.757 bits per heavy atom. The summed E-state index contributed by atoms with van der Waals surface area (Å²) in [6.45, 7) is 4.43. The average molecular weight is 895 g/mol. The molecule has 0 fully saturated rings. The van der Waals surface area contributed by atoms with E-state index < -0.39 is 0 Å². The van der Waals surface area contributed by atoms with Gasteiger partial charge >= 0.3 is 0 Å². The highest BCUT2D eigenvalue weighted by Crippen LogP contribution is 2.33. The van der Waals surface area contributed by atoms with Crippen molar-refractivity contribution >= 4 is 47.6 Å². The molecule has 70 heavy (non-hydrogen) atoms. The molecule has 0 N–H and O–H groups in total. The normalized spacial score (nSPS) is 11.2. The zero-order valence-corrected chi connectivity index (χ0v) is 39.7. The number of hydrogen-bond donors (Lipinski definition) is 0. The summed E-state index contributed by atoms with van der Waals surface area (Å²) in [5.41, 5.74) is 24.2. The van der Waals surface area contributed by atoms with Crippen molar-refractivity contribution in [2.75, 3.05) is 0 Å². The molecule has 0 spiro atoms. The predicted molar refractivity (Wildman–Crippen MR) is 303 cm³/mol. The maximum Gasteiger partial charge on any atom is -0.0105 e. The molecule has 0 radical (unpaired) electrons. The van der Waals surface area contributed by atoms with Crippen molar-refractivity contribution in [3.05, 3.63) is 322 Å². The molecule has 0 aliphatic heterocycles. The second-order valence-electron chi connectivity index (χ2n) is 17.9. The summed E-state index contributed by atoms with van der Waals surface area (Å²) in [4.78, 5) is 0. The van der Waals surface area contributed by atoms with Gasteiger partial charge < -0.3 is 0 Å². The largest absolute Gasteiger partial charge is 0.0622 e. The van der Waals surface area contributed by atoms with E-state index >= 15 is 0 Å². The third-order valence-electron chi connectivity index (χ3n) is 13.0. The Bertz CT molecular complexity index is 3120. The van der Waals surface area contributed by atoms with Gasteiger partial charge in [-0.1, -0.05) is 279 Å². The van der Waals surface area contributed by atoms with E-state index in [4.69, 9.17) is 0 Å². The van der Waals surface area contributed by atoms with Gasteiger partial charge in [-0.25, -0.2) is 0 Å². The van der Waals surface area contributed by atoms with E-state index in [1.165, 1.54) is 111 Å². The highest BCUT2D eigenvalue weighted by Gasteiger charge is 2.10. The van der Waals surface area contributed by atoms with Crippen LogP contribution in [0, 0.1) is 13.8 Å². The van der Waals surface area contributed by atoms with Gasteiger partial charge in [0.25, 0.3) is 0 Å². The summed E-state index contributed by atoms with van der Waals surface area (Å²) in [7, 11) is 0. The first-order chi connectivity index (χ1) is 34.5. The Kier molecular flexibility index (Phi) is 13.8. The average Bonchev–Trinajstić information content (AvgIpc) is 3.42. The fourth-order valence-corrected chi connectivity index (χ4v) is 9.14. The number of rotatable bonds is 13. The minimum atomic E-state index is 1.17. The summed E-state index contributed by atoms with van der Waals surface area (Å²) in [6, 6.07) is 91.4. The first kappa shape index (κ1) is 45.0. The molecule has 0 unspecified atom stereocenters. The van der Waals surface area contributed by atoms with Crippen molar-refractivity contribution < 1.29 is 0 Å². The van der Waals surface area contributed by atoms with Crippen LogP contribution in [0.5, 0.6) is 0 Å². The first-order valence-corrected chi connectivity index (χ1v) is 24.1. The zero-order chi connectivity index (χ0) is 47.5. The fourth-order valence-electron chi connectivity index (χ4n) is 9.14. The molecular weight excluding hydrogens is 841 g/mol. The molecule has 10 rings (SSSR count). The highest BCUT2D eigenvalue weighted by atomic mass is 14.1. The SMILES string of the molecule is Cc1cc(-c2ccc(-c3ccc(C=Cc4ccc(C=C(c5ccccc5)c5ccccc5)cc4)cc3)c(C)c2)ccc1-c1ccc(C=Cc2ccc(C=C(c3ccccc3)c3ccccc3)cc2)cc1. The van der Waals surface area contributed by atoms with E-state index in [0.717, 1.165) is 0 Å². The molecule has 0 heteroatoms. The summed E-state index contributed by atoms with van der Waals surface area (Å²) in [6.07, 6.45) is 13.3. The lowest BCUT2D eigenvalue weighted by Crippen LogP contribution is -1.89. The van der Waals surface area contributed by atoms with E-state index in [1.807, 2.05) is 0 Å². The van der Waals surface area contributed by atoms with Crippen LogP contribution in [0.3, 0.4) is 0 Å². The molecule has 0 atom stereocenters. The molecule has 334 valence electrons. The molecule has 0 aromatic heterocycles. The molecule has 0 nitrogen and oxygen atoms in total. The van der Waals surface area contributed by atoms with Gasteiger partial charge in [0.1, 0.15) is 0 Å². The third kappa shape index (κ3) is 11.0. The van der Waals surface area contributed by atoms with Crippen LogP contribution in [0.2, 0.25) is 0 Å². The fraction of sp³-hybridized carbons (Fsp3) is 0.0286. The lowest BCUT2D eigenvalue weighted by atomic mass is 9.92. The second kappa shape index (κ2) is 21.4. The van der Waals surface area contributed by atoms with Crippen LogP contribution >= 0.6 is 0 Å². The molecule has 0 aliphatic rings. The van der Waals surface area contributed by atoms with Gasteiger partial charge in [-0.2, -0.15) is 0 Å². The van der Waals surface area contributed by atoms with Crippen molar-refractivity contribution in [2.45, 2.75) is 13.8 Å². The van der Waals surface area contributed by atoms with Gasteiger partial charge in [-0.05, 0) is 137 Å². The summed E-state index contributed by atoms with van der Waals surface area (Å²) < 4.78 is 0. The maximum atomic E-state index is 2.32. The van der Waals surface area contributed by atoms with Crippen molar-refractivity contribution in [1.82, 2.24) is 0 Å². The van der Waals surface area contributed by atoms with Crippen LogP contribution < -0.4 is 0 Å². The molecule has 0 heterocycles. The molecule has 10 aromatic carbocycles. The summed E-state index contributed by atoms with van der Waals surface area (Å²) >= 11 is 0.